The van der Waals surface area contributed by atoms with E-state index in [2.05, 4.69) is 15.4 Å². The fourth-order valence-corrected chi connectivity index (χ4v) is 2.03. The molecule has 128 valence electrons. The van der Waals surface area contributed by atoms with Crippen LogP contribution in [-0.4, -0.2) is 24.3 Å². The minimum Gasteiger partial charge on any atom is -0.435 e. The van der Waals surface area contributed by atoms with Gasteiger partial charge in [-0.15, -0.1) is 0 Å². The zero-order valence-electron chi connectivity index (χ0n) is 12.8. The number of halogens is 2. The van der Waals surface area contributed by atoms with Crippen LogP contribution in [0.1, 0.15) is 11.1 Å². The lowest BCUT2D eigenvalue weighted by molar-refractivity contribution is -0.0498. The van der Waals surface area contributed by atoms with E-state index >= 15 is 0 Å². The molecule has 2 aromatic carbocycles. The molecule has 5 nitrogen and oxygen atoms in total. The van der Waals surface area contributed by atoms with E-state index in [1.165, 1.54) is 24.3 Å². The molecule has 0 saturated heterocycles. The van der Waals surface area contributed by atoms with Crippen molar-refractivity contribution in [1.29, 1.82) is 0 Å². The van der Waals surface area contributed by atoms with Crippen molar-refractivity contribution in [2.24, 2.45) is 0 Å². The Hall–Kier alpha value is -2.67. The van der Waals surface area contributed by atoms with Crippen LogP contribution in [0, 0.1) is 0 Å². The van der Waals surface area contributed by atoms with Gasteiger partial charge < -0.3 is 20.5 Å². The molecule has 24 heavy (non-hydrogen) atoms. The molecular formula is C17H18F2N2O3. The Labute approximate surface area is 138 Å². The van der Waals surface area contributed by atoms with Gasteiger partial charge in [-0.25, -0.2) is 4.79 Å². The van der Waals surface area contributed by atoms with Gasteiger partial charge in [0.15, 0.2) is 0 Å². The van der Waals surface area contributed by atoms with Crippen molar-refractivity contribution in [3.05, 3.63) is 59.7 Å². The maximum atomic E-state index is 12.0. The highest BCUT2D eigenvalue weighted by molar-refractivity contribution is 5.89. The number of carbonyl (C=O) groups is 1. The number of benzene rings is 2. The Balaban J connectivity index is 1.74. The molecule has 2 aromatic rings. The van der Waals surface area contributed by atoms with Crippen molar-refractivity contribution in [3.8, 4) is 5.75 Å². The zero-order valence-corrected chi connectivity index (χ0v) is 12.8. The summed E-state index contributed by atoms with van der Waals surface area (Å²) >= 11 is 0. The SMILES string of the molecule is O=C(NCCc1ccc(CO)cc1)Nc1ccc(OC(F)F)cc1. The molecule has 0 spiro atoms. The first-order chi connectivity index (χ1) is 11.6. The van der Waals surface area contributed by atoms with E-state index in [4.69, 9.17) is 5.11 Å². The smallest absolute Gasteiger partial charge is 0.387 e. The molecule has 3 N–H and O–H groups in total. The lowest BCUT2D eigenvalue weighted by Gasteiger charge is -2.09. The Kier molecular flexibility index (Phi) is 6.51. The minimum atomic E-state index is -2.88. The van der Waals surface area contributed by atoms with Gasteiger partial charge in [0.2, 0.25) is 0 Å². The van der Waals surface area contributed by atoms with Crippen molar-refractivity contribution in [1.82, 2.24) is 5.32 Å². The highest BCUT2D eigenvalue weighted by atomic mass is 19.3. The normalized spacial score (nSPS) is 10.5. The summed E-state index contributed by atoms with van der Waals surface area (Å²) in [5.74, 6) is 0.0299. The van der Waals surface area contributed by atoms with E-state index in [9.17, 15) is 13.6 Å². The predicted octanol–water partition coefficient (Wildman–Crippen LogP) is 3.14. The highest BCUT2D eigenvalue weighted by Crippen LogP contribution is 2.17. The number of carbonyl (C=O) groups excluding carboxylic acids is 1. The third-order valence-corrected chi connectivity index (χ3v) is 3.24. The van der Waals surface area contributed by atoms with Crippen LogP contribution in [0.15, 0.2) is 48.5 Å². The maximum Gasteiger partial charge on any atom is 0.387 e. The van der Waals surface area contributed by atoms with Crippen LogP contribution in [0.3, 0.4) is 0 Å². The standard InChI is InChI=1S/C17H18F2N2O3/c18-16(19)24-15-7-5-14(6-8-15)21-17(23)20-10-9-12-1-3-13(11-22)4-2-12/h1-8,16,22H,9-11H2,(H2,20,21,23). The van der Waals surface area contributed by atoms with E-state index in [1.54, 1.807) is 0 Å². The Morgan fingerprint density at radius 3 is 2.25 bits per heavy atom. The van der Waals surface area contributed by atoms with Crippen molar-refractivity contribution >= 4 is 11.7 Å². The number of anilines is 1. The quantitative estimate of drug-likeness (QED) is 0.727. The van der Waals surface area contributed by atoms with Crippen molar-refractivity contribution in [3.63, 3.8) is 0 Å². The van der Waals surface area contributed by atoms with Crippen LogP contribution in [0.2, 0.25) is 0 Å². The molecule has 0 aliphatic carbocycles. The third kappa shape index (κ3) is 5.85. The second-order valence-corrected chi connectivity index (χ2v) is 5.01. The molecule has 7 heteroatoms. The summed E-state index contributed by atoms with van der Waals surface area (Å²) in [6.07, 6.45) is 0.653. The number of hydrogen-bond acceptors (Lipinski definition) is 3. The average Bonchev–Trinajstić information content (AvgIpc) is 2.57. The summed E-state index contributed by atoms with van der Waals surface area (Å²) in [5, 5.41) is 14.3. The third-order valence-electron chi connectivity index (χ3n) is 3.24. The predicted molar refractivity (Wildman–Crippen MR) is 86.2 cm³/mol. The van der Waals surface area contributed by atoms with E-state index in [1.807, 2.05) is 24.3 Å². The summed E-state index contributed by atoms with van der Waals surface area (Å²) in [7, 11) is 0. The molecule has 0 aliphatic heterocycles. The Morgan fingerprint density at radius 2 is 1.67 bits per heavy atom. The summed E-state index contributed by atoms with van der Waals surface area (Å²) in [6, 6.07) is 12.7. The van der Waals surface area contributed by atoms with Crippen LogP contribution in [-0.2, 0) is 13.0 Å². The molecule has 0 saturated carbocycles. The van der Waals surface area contributed by atoms with Gasteiger partial charge in [0.25, 0.3) is 0 Å². The molecule has 0 aliphatic rings. The number of alkyl halides is 2. The van der Waals surface area contributed by atoms with Gasteiger partial charge in [-0.2, -0.15) is 8.78 Å². The van der Waals surface area contributed by atoms with Gasteiger partial charge in [0.05, 0.1) is 6.61 Å². The van der Waals surface area contributed by atoms with Gasteiger partial charge in [-0.05, 0) is 41.8 Å². The second-order valence-electron chi connectivity index (χ2n) is 5.01. The van der Waals surface area contributed by atoms with Crippen molar-refractivity contribution in [2.75, 3.05) is 11.9 Å². The van der Waals surface area contributed by atoms with Gasteiger partial charge in [-0.3, -0.25) is 0 Å². The number of amides is 2. The second kappa shape index (κ2) is 8.83. The first-order valence-electron chi connectivity index (χ1n) is 7.35. The number of aliphatic hydroxyl groups excluding tert-OH is 1. The first kappa shape index (κ1) is 17.7. The van der Waals surface area contributed by atoms with Gasteiger partial charge in [-0.1, -0.05) is 24.3 Å². The summed E-state index contributed by atoms with van der Waals surface area (Å²) < 4.78 is 28.3. The number of urea groups is 1. The molecule has 2 amide bonds. The van der Waals surface area contributed by atoms with Crippen LogP contribution >= 0.6 is 0 Å². The number of hydrogen-bond donors (Lipinski definition) is 3. The molecule has 0 atom stereocenters. The number of aliphatic hydroxyl groups is 1. The maximum absolute atomic E-state index is 12.0. The molecule has 0 radical (unpaired) electrons. The molecular weight excluding hydrogens is 318 g/mol. The lowest BCUT2D eigenvalue weighted by atomic mass is 10.1. The van der Waals surface area contributed by atoms with Gasteiger partial charge >= 0.3 is 12.6 Å². The number of nitrogens with one attached hydrogen (secondary N) is 2. The summed E-state index contributed by atoms with van der Waals surface area (Å²) in [5.41, 5.74) is 2.35. The monoisotopic (exact) mass is 336 g/mol. The van der Waals surface area contributed by atoms with Crippen LogP contribution in [0.5, 0.6) is 5.75 Å². The van der Waals surface area contributed by atoms with E-state index in [0.717, 1.165) is 11.1 Å². The highest BCUT2D eigenvalue weighted by Gasteiger charge is 2.05. The topological polar surface area (TPSA) is 70.6 Å². The zero-order chi connectivity index (χ0) is 17.4. The number of rotatable bonds is 7. The summed E-state index contributed by atoms with van der Waals surface area (Å²) in [4.78, 5) is 11.8. The minimum absolute atomic E-state index is 0.00206. The Bertz CT molecular complexity index is 646. The summed E-state index contributed by atoms with van der Waals surface area (Å²) in [6.45, 7) is -2.43. The van der Waals surface area contributed by atoms with Crippen molar-refractivity contribution < 1.29 is 23.4 Å². The van der Waals surface area contributed by atoms with Crippen molar-refractivity contribution in [2.45, 2.75) is 19.6 Å². The first-order valence-corrected chi connectivity index (χ1v) is 7.35. The van der Waals surface area contributed by atoms with Gasteiger partial charge in [0.1, 0.15) is 5.75 Å². The van der Waals surface area contributed by atoms with Crippen LogP contribution in [0.25, 0.3) is 0 Å². The molecule has 2 rings (SSSR count). The Morgan fingerprint density at radius 1 is 1.04 bits per heavy atom. The molecule has 0 heterocycles. The fraction of sp³-hybridized carbons (Fsp3) is 0.235. The van der Waals surface area contributed by atoms with Crippen LogP contribution < -0.4 is 15.4 Å². The lowest BCUT2D eigenvalue weighted by Crippen LogP contribution is -2.30. The van der Waals surface area contributed by atoms with E-state index in [-0.39, 0.29) is 18.4 Å². The van der Waals surface area contributed by atoms with Crippen LogP contribution in [0.4, 0.5) is 19.3 Å². The van der Waals surface area contributed by atoms with E-state index < -0.39 is 6.61 Å². The average molecular weight is 336 g/mol. The number of ether oxygens (including phenoxy) is 1. The fourth-order valence-electron chi connectivity index (χ4n) is 2.03. The molecule has 0 fully saturated rings. The largest absolute Gasteiger partial charge is 0.435 e. The molecule has 0 bridgehead atoms. The van der Waals surface area contributed by atoms with Gasteiger partial charge in [0, 0.05) is 12.2 Å². The molecule has 0 aromatic heterocycles. The molecule has 0 unspecified atom stereocenters. The van der Waals surface area contributed by atoms with E-state index in [0.29, 0.717) is 18.7 Å².